The Morgan fingerprint density at radius 3 is 2.48 bits per heavy atom. The number of anilines is 2. The molecule has 1 N–H and O–H groups in total. The molecular formula is C21H26N2O4. The molecule has 0 aliphatic carbocycles. The summed E-state index contributed by atoms with van der Waals surface area (Å²) in [4.78, 5) is 26.0. The van der Waals surface area contributed by atoms with Crippen LogP contribution >= 0.6 is 0 Å². The lowest BCUT2D eigenvalue weighted by atomic mass is 10.3. The molecule has 2 aromatic carbocycles. The summed E-state index contributed by atoms with van der Waals surface area (Å²) in [6.45, 7) is 6.30. The van der Waals surface area contributed by atoms with E-state index in [-0.39, 0.29) is 6.10 Å². The van der Waals surface area contributed by atoms with Crippen LogP contribution in [0.4, 0.5) is 21.0 Å². The number of amides is 2. The van der Waals surface area contributed by atoms with Crippen LogP contribution in [-0.4, -0.2) is 24.8 Å². The lowest BCUT2D eigenvalue weighted by Gasteiger charge is -2.21. The number of nitrogens with zero attached hydrogens (tertiary/aromatic N) is 1. The van der Waals surface area contributed by atoms with Crippen LogP contribution in [0.1, 0.15) is 33.6 Å². The van der Waals surface area contributed by atoms with E-state index in [2.05, 4.69) is 5.32 Å². The third-order valence-electron chi connectivity index (χ3n) is 3.90. The fourth-order valence-electron chi connectivity index (χ4n) is 2.36. The van der Waals surface area contributed by atoms with E-state index in [0.717, 1.165) is 18.5 Å². The van der Waals surface area contributed by atoms with Gasteiger partial charge in [0.15, 0.2) is 0 Å². The van der Waals surface area contributed by atoms with E-state index in [0.29, 0.717) is 18.0 Å². The average Bonchev–Trinajstić information content (AvgIpc) is 2.66. The minimum absolute atomic E-state index is 0.167. The van der Waals surface area contributed by atoms with E-state index in [9.17, 15) is 9.59 Å². The van der Waals surface area contributed by atoms with Gasteiger partial charge >= 0.3 is 12.2 Å². The Morgan fingerprint density at radius 2 is 1.81 bits per heavy atom. The lowest BCUT2D eigenvalue weighted by molar-refractivity contribution is 0.118. The summed E-state index contributed by atoms with van der Waals surface area (Å²) in [6, 6.07) is 16.0. The van der Waals surface area contributed by atoms with Gasteiger partial charge in [-0.2, -0.15) is 0 Å². The van der Waals surface area contributed by atoms with Crippen LogP contribution in [0.25, 0.3) is 0 Å². The predicted molar refractivity (Wildman–Crippen MR) is 106 cm³/mol. The smallest absolute Gasteiger partial charge is 0.419 e. The van der Waals surface area contributed by atoms with Gasteiger partial charge < -0.3 is 9.47 Å². The molecule has 0 heterocycles. The van der Waals surface area contributed by atoms with Gasteiger partial charge in [-0.05, 0) is 44.0 Å². The third kappa shape index (κ3) is 6.33. The van der Waals surface area contributed by atoms with Crippen LogP contribution in [0.2, 0.25) is 0 Å². The highest BCUT2D eigenvalue weighted by molar-refractivity contribution is 5.89. The van der Waals surface area contributed by atoms with E-state index < -0.39 is 12.2 Å². The Morgan fingerprint density at radius 1 is 1.07 bits per heavy atom. The molecule has 0 aliphatic rings. The molecule has 2 rings (SSSR count). The second-order valence-electron chi connectivity index (χ2n) is 6.13. The van der Waals surface area contributed by atoms with E-state index in [1.165, 1.54) is 0 Å². The average molecular weight is 370 g/mol. The van der Waals surface area contributed by atoms with Crippen molar-refractivity contribution in [1.82, 2.24) is 0 Å². The molecular weight excluding hydrogens is 344 g/mol. The quantitative estimate of drug-likeness (QED) is 0.704. The van der Waals surface area contributed by atoms with E-state index in [4.69, 9.17) is 9.47 Å². The molecule has 27 heavy (non-hydrogen) atoms. The minimum atomic E-state index is -0.537. The largest absolute Gasteiger partial charge is 0.446 e. The molecule has 6 nitrogen and oxygen atoms in total. The van der Waals surface area contributed by atoms with Crippen molar-refractivity contribution < 1.29 is 19.1 Å². The number of nitrogens with one attached hydrogen (secondary N) is 1. The van der Waals surface area contributed by atoms with Crippen molar-refractivity contribution in [2.24, 2.45) is 0 Å². The zero-order valence-electron chi connectivity index (χ0n) is 16.0. The molecule has 0 spiro atoms. The first-order chi connectivity index (χ1) is 13.0. The van der Waals surface area contributed by atoms with Crippen molar-refractivity contribution in [2.75, 3.05) is 16.8 Å². The summed E-state index contributed by atoms with van der Waals surface area (Å²) in [5.41, 5.74) is 1.27. The lowest BCUT2D eigenvalue weighted by Crippen LogP contribution is -2.34. The summed E-state index contributed by atoms with van der Waals surface area (Å²) in [5, 5.41) is 2.64. The molecule has 0 bridgehead atoms. The standard InChI is InChI=1S/C21H26N2O4/c1-4-14-23(18-11-7-6-8-12-18)21(25)27-19-13-9-10-17(15-19)22-20(24)26-16(3)5-2/h6-13,15-16H,4-5,14H2,1-3H3,(H,22,24). The highest BCUT2D eigenvalue weighted by Crippen LogP contribution is 2.21. The highest BCUT2D eigenvalue weighted by atomic mass is 16.6. The maximum Gasteiger partial charge on any atom is 0.419 e. The number of para-hydroxylation sites is 1. The Labute approximate surface area is 160 Å². The predicted octanol–water partition coefficient (Wildman–Crippen LogP) is 5.45. The molecule has 6 heteroatoms. The third-order valence-corrected chi connectivity index (χ3v) is 3.90. The fraction of sp³-hybridized carbons (Fsp3) is 0.333. The van der Waals surface area contributed by atoms with Crippen LogP contribution in [-0.2, 0) is 4.74 Å². The van der Waals surface area contributed by atoms with Crippen LogP contribution in [0, 0.1) is 0 Å². The van der Waals surface area contributed by atoms with Gasteiger partial charge in [-0.3, -0.25) is 10.2 Å². The minimum Gasteiger partial charge on any atom is -0.446 e. The van der Waals surface area contributed by atoms with Gasteiger partial charge in [0.2, 0.25) is 0 Å². The molecule has 1 atom stereocenters. The molecule has 1 unspecified atom stereocenters. The first-order valence-electron chi connectivity index (χ1n) is 9.15. The molecule has 2 aromatic rings. The van der Waals surface area contributed by atoms with Crippen LogP contribution in [0.5, 0.6) is 5.75 Å². The number of hydrogen-bond acceptors (Lipinski definition) is 4. The van der Waals surface area contributed by atoms with Crippen molar-refractivity contribution in [3.05, 3.63) is 54.6 Å². The van der Waals surface area contributed by atoms with Crippen molar-refractivity contribution in [2.45, 2.75) is 39.7 Å². The van der Waals surface area contributed by atoms with Crippen molar-refractivity contribution >= 4 is 23.6 Å². The molecule has 0 saturated carbocycles. The van der Waals surface area contributed by atoms with E-state index in [1.807, 2.05) is 51.1 Å². The van der Waals surface area contributed by atoms with Gasteiger partial charge in [-0.25, -0.2) is 9.59 Å². The van der Waals surface area contributed by atoms with E-state index in [1.54, 1.807) is 29.2 Å². The zero-order chi connectivity index (χ0) is 19.6. The number of benzene rings is 2. The normalized spacial score (nSPS) is 11.4. The summed E-state index contributed by atoms with van der Waals surface area (Å²) < 4.78 is 10.7. The maximum absolute atomic E-state index is 12.6. The monoisotopic (exact) mass is 370 g/mol. The van der Waals surface area contributed by atoms with Crippen LogP contribution in [0.3, 0.4) is 0 Å². The zero-order valence-corrected chi connectivity index (χ0v) is 16.0. The molecule has 0 aromatic heterocycles. The number of rotatable bonds is 7. The van der Waals surface area contributed by atoms with Crippen molar-refractivity contribution in [1.29, 1.82) is 0 Å². The van der Waals surface area contributed by atoms with Crippen LogP contribution < -0.4 is 15.0 Å². The van der Waals surface area contributed by atoms with Gasteiger partial charge in [-0.15, -0.1) is 0 Å². The van der Waals surface area contributed by atoms with Gasteiger partial charge in [0, 0.05) is 24.0 Å². The van der Waals surface area contributed by atoms with Gasteiger partial charge in [0.25, 0.3) is 0 Å². The van der Waals surface area contributed by atoms with Gasteiger partial charge in [-0.1, -0.05) is 38.1 Å². The fourth-order valence-corrected chi connectivity index (χ4v) is 2.36. The number of carbonyl (C=O) groups excluding carboxylic acids is 2. The van der Waals surface area contributed by atoms with Gasteiger partial charge in [0.05, 0.1) is 0 Å². The second kappa shape index (κ2) is 10.2. The summed E-state index contributed by atoms with van der Waals surface area (Å²) in [7, 11) is 0. The summed E-state index contributed by atoms with van der Waals surface area (Å²) in [5.74, 6) is 0.346. The summed E-state index contributed by atoms with van der Waals surface area (Å²) in [6.07, 6.45) is 0.358. The maximum atomic E-state index is 12.6. The van der Waals surface area contributed by atoms with E-state index >= 15 is 0 Å². The molecule has 0 saturated heterocycles. The Kier molecular flexibility index (Phi) is 7.67. The molecule has 144 valence electrons. The molecule has 2 amide bonds. The first kappa shape index (κ1) is 20.3. The SMILES string of the molecule is CCCN(C(=O)Oc1cccc(NC(=O)OC(C)CC)c1)c1ccccc1. The van der Waals surface area contributed by atoms with Crippen molar-refractivity contribution in [3.63, 3.8) is 0 Å². The molecule has 0 radical (unpaired) electrons. The number of carbonyl (C=O) groups is 2. The second-order valence-corrected chi connectivity index (χ2v) is 6.13. The van der Waals surface area contributed by atoms with Crippen LogP contribution in [0.15, 0.2) is 54.6 Å². The molecule has 0 fully saturated rings. The molecule has 0 aliphatic heterocycles. The first-order valence-corrected chi connectivity index (χ1v) is 9.15. The Bertz CT molecular complexity index is 749. The van der Waals surface area contributed by atoms with Gasteiger partial charge in [0.1, 0.15) is 11.9 Å². The Hall–Kier alpha value is -3.02. The number of ether oxygens (including phenoxy) is 2. The Balaban J connectivity index is 2.05. The van der Waals surface area contributed by atoms with Crippen molar-refractivity contribution in [3.8, 4) is 5.75 Å². The topological polar surface area (TPSA) is 67.9 Å². The summed E-state index contributed by atoms with van der Waals surface area (Å²) >= 11 is 0. The number of hydrogen-bond donors (Lipinski definition) is 1. The highest BCUT2D eigenvalue weighted by Gasteiger charge is 2.17.